The summed E-state index contributed by atoms with van der Waals surface area (Å²) in [6, 6.07) is 2.40. The van der Waals surface area contributed by atoms with Crippen LogP contribution in [-0.4, -0.2) is 39.4 Å². The molecule has 0 aromatic heterocycles. The highest BCUT2D eigenvalue weighted by molar-refractivity contribution is 9.10. The third-order valence-corrected chi connectivity index (χ3v) is 6.29. The first-order valence-corrected chi connectivity index (χ1v) is 9.34. The monoisotopic (exact) mass is 487 g/mol. The molecule has 1 fully saturated rings. The van der Waals surface area contributed by atoms with E-state index in [1.54, 1.807) is 0 Å². The summed E-state index contributed by atoms with van der Waals surface area (Å²) in [5.41, 5.74) is -4.63. The van der Waals surface area contributed by atoms with Gasteiger partial charge in [-0.25, -0.2) is 4.39 Å². The summed E-state index contributed by atoms with van der Waals surface area (Å²) >= 11 is 2.98. The minimum atomic E-state index is -5.94. The number of carbonyl (C=O) groups excluding carboxylic acids is 1. The second kappa shape index (κ2) is 6.63. The first-order chi connectivity index (χ1) is 13.2. The summed E-state index contributed by atoms with van der Waals surface area (Å²) in [4.78, 5) is 12.5. The molecule has 1 saturated carbocycles. The van der Waals surface area contributed by atoms with E-state index in [-0.39, 0.29) is 15.6 Å². The van der Waals surface area contributed by atoms with Crippen molar-refractivity contribution in [2.75, 3.05) is 0 Å². The van der Waals surface area contributed by atoms with Crippen molar-refractivity contribution in [3.63, 3.8) is 0 Å². The molecule has 4 nitrogen and oxygen atoms in total. The predicted molar refractivity (Wildman–Crippen MR) is 93.7 cm³/mol. The topological polar surface area (TPSA) is 69.6 Å². The fourth-order valence-corrected chi connectivity index (χ4v) is 4.22. The molecule has 11 heteroatoms. The van der Waals surface area contributed by atoms with E-state index in [9.17, 15) is 41.4 Å². The zero-order valence-corrected chi connectivity index (χ0v) is 16.5. The minimum Gasteiger partial charge on any atom is -0.509 e. The normalized spacial score (nSPS) is 28.2. The Morgan fingerprint density at radius 1 is 1.10 bits per heavy atom. The van der Waals surface area contributed by atoms with E-state index in [2.05, 4.69) is 21.2 Å². The summed E-state index contributed by atoms with van der Waals surface area (Å²) in [5, 5.41) is 23.1. The molecule has 2 aliphatic rings. The van der Waals surface area contributed by atoms with Gasteiger partial charge in [0, 0.05) is 0 Å². The van der Waals surface area contributed by atoms with Gasteiger partial charge in [-0.05, 0) is 71.8 Å². The number of aliphatic hydroxyl groups is 2. The zero-order chi connectivity index (χ0) is 22.0. The number of benzene rings is 1. The maximum absolute atomic E-state index is 13.7. The molecule has 0 unspecified atom stereocenters. The Labute approximate surface area is 169 Å². The van der Waals surface area contributed by atoms with Crippen molar-refractivity contribution in [2.24, 2.45) is 0 Å². The molecular weight excluding hydrogens is 472 g/mol. The van der Waals surface area contributed by atoms with Gasteiger partial charge in [0.1, 0.15) is 17.2 Å². The van der Waals surface area contributed by atoms with Crippen molar-refractivity contribution in [2.45, 2.75) is 55.8 Å². The molecule has 1 aliphatic heterocycles. The third-order valence-electron chi connectivity index (χ3n) is 5.68. The van der Waals surface area contributed by atoms with Crippen molar-refractivity contribution in [3.8, 4) is 0 Å². The Bertz CT molecular complexity index is 904. The number of alkyl halides is 5. The predicted octanol–water partition coefficient (Wildman–Crippen LogP) is 4.54. The quantitative estimate of drug-likeness (QED) is 0.536. The standard InChI is InChI=1S/C18H16BrF6NO3/c1-8-6-11(20)10(19)7-9(8)12-13(27)15(26-14(12)28)2-4-16(29,5-3-15)17(21,22)18(23,24)25/h6-7,27,29H,2-5H2,1H3,(H,26,28)/t15-,16-. The lowest BCUT2D eigenvalue weighted by Crippen LogP contribution is -2.62. The van der Waals surface area contributed by atoms with Crippen LogP contribution >= 0.6 is 15.9 Å². The van der Waals surface area contributed by atoms with Crippen molar-refractivity contribution in [1.29, 1.82) is 0 Å². The van der Waals surface area contributed by atoms with Crippen LogP contribution in [0.3, 0.4) is 0 Å². The molecule has 3 N–H and O–H groups in total. The first-order valence-electron chi connectivity index (χ1n) is 8.54. The second-order valence-corrected chi connectivity index (χ2v) is 8.30. The Morgan fingerprint density at radius 3 is 2.17 bits per heavy atom. The lowest BCUT2D eigenvalue weighted by atomic mass is 9.70. The minimum absolute atomic E-state index is 0.0231. The molecule has 1 aliphatic carbocycles. The van der Waals surface area contributed by atoms with Crippen molar-refractivity contribution < 1.29 is 41.4 Å². The summed E-state index contributed by atoms with van der Waals surface area (Å²) < 4.78 is 79.3. The van der Waals surface area contributed by atoms with Crippen LogP contribution in [0.5, 0.6) is 0 Å². The van der Waals surface area contributed by atoms with E-state index >= 15 is 0 Å². The fraction of sp³-hybridized carbons (Fsp3) is 0.500. The zero-order valence-electron chi connectivity index (χ0n) is 14.9. The highest BCUT2D eigenvalue weighted by Crippen LogP contribution is 2.53. The smallest absolute Gasteiger partial charge is 0.456 e. The van der Waals surface area contributed by atoms with Gasteiger partial charge >= 0.3 is 12.1 Å². The molecule has 0 saturated heterocycles. The SMILES string of the molecule is Cc1cc(F)c(Br)cc1C1=C(O)[C@]2(CC[C@](O)(C(F)(F)C(F)(F)F)CC2)NC1=O. The molecule has 160 valence electrons. The molecular formula is C18H16BrF6NO3. The van der Waals surface area contributed by atoms with Crippen LogP contribution < -0.4 is 5.32 Å². The maximum atomic E-state index is 13.7. The average Bonchev–Trinajstić information content (AvgIpc) is 2.83. The molecule has 3 rings (SSSR count). The van der Waals surface area contributed by atoms with Crippen LogP contribution in [-0.2, 0) is 4.79 Å². The second-order valence-electron chi connectivity index (χ2n) is 7.44. The van der Waals surface area contributed by atoms with Crippen molar-refractivity contribution in [3.05, 3.63) is 39.3 Å². The first kappa shape index (κ1) is 21.9. The molecule has 0 atom stereocenters. The average molecular weight is 488 g/mol. The number of hydrogen-bond donors (Lipinski definition) is 3. The van der Waals surface area contributed by atoms with E-state index in [0.717, 1.165) is 6.07 Å². The Balaban J connectivity index is 1.97. The van der Waals surface area contributed by atoms with Crippen LogP contribution in [0.4, 0.5) is 26.3 Å². The molecule has 29 heavy (non-hydrogen) atoms. The highest BCUT2D eigenvalue weighted by atomic mass is 79.9. The summed E-state index contributed by atoms with van der Waals surface area (Å²) in [6.07, 6.45) is -8.99. The van der Waals surface area contributed by atoms with Gasteiger partial charge < -0.3 is 15.5 Å². The third kappa shape index (κ3) is 3.22. The molecule has 0 bridgehead atoms. The van der Waals surface area contributed by atoms with Gasteiger partial charge in [-0.15, -0.1) is 0 Å². The van der Waals surface area contributed by atoms with Crippen LogP contribution in [0.2, 0.25) is 0 Å². The van der Waals surface area contributed by atoms with Crippen molar-refractivity contribution >= 4 is 27.4 Å². The largest absolute Gasteiger partial charge is 0.509 e. The Morgan fingerprint density at radius 2 is 1.66 bits per heavy atom. The number of aryl methyl sites for hydroxylation is 1. The van der Waals surface area contributed by atoms with Gasteiger partial charge in [-0.2, -0.15) is 22.0 Å². The van der Waals surface area contributed by atoms with Gasteiger partial charge in [0.25, 0.3) is 5.91 Å². The molecule has 1 heterocycles. The van der Waals surface area contributed by atoms with Gasteiger partial charge in [0.2, 0.25) is 0 Å². The van der Waals surface area contributed by atoms with Crippen LogP contribution in [0.1, 0.15) is 36.8 Å². The lowest BCUT2D eigenvalue weighted by molar-refractivity contribution is -0.347. The van der Waals surface area contributed by atoms with Crippen LogP contribution in [0.25, 0.3) is 5.57 Å². The molecule has 1 aromatic rings. The van der Waals surface area contributed by atoms with Gasteiger partial charge in [0.15, 0.2) is 0 Å². The summed E-state index contributed by atoms with van der Waals surface area (Å²) in [7, 11) is 0. The van der Waals surface area contributed by atoms with E-state index < -0.39 is 66.4 Å². The number of hydrogen-bond acceptors (Lipinski definition) is 3. The Hall–Kier alpha value is -1.75. The summed E-state index contributed by atoms with van der Waals surface area (Å²) in [5.74, 6) is -7.24. The number of nitrogens with one attached hydrogen (secondary N) is 1. The van der Waals surface area contributed by atoms with Gasteiger partial charge in [-0.3, -0.25) is 4.79 Å². The van der Waals surface area contributed by atoms with Crippen LogP contribution in [0.15, 0.2) is 22.4 Å². The number of aliphatic hydroxyl groups excluding tert-OH is 1. The number of rotatable bonds is 2. The van der Waals surface area contributed by atoms with E-state index in [0.29, 0.717) is 5.56 Å². The molecule has 1 aromatic carbocycles. The van der Waals surface area contributed by atoms with E-state index in [1.807, 2.05) is 0 Å². The maximum Gasteiger partial charge on any atom is 0.456 e. The van der Waals surface area contributed by atoms with E-state index in [4.69, 9.17) is 0 Å². The van der Waals surface area contributed by atoms with Gasteiger partial charge in [-0.1, -0.05) is 0 Å². The Kier molecular flexibility index (Phi) is 5.02. The molecule has 1 spiro atoms. The number of amides is 1. The molecule has 1 amide bonds. The summed E-state index contributed by atoms with van der Waals surface area (Å²) in [6.45, 7) is 1.49. The fourth-order valence-electron chi connectivity index (χ4n) is 3.88. The van der Waals surface area contributed by atoms with Crippen molar-refractivity contribution in [1.82, 2.24) is 5.32 Å². The molecule has 0 radical (unpaired) electrons. The number of halogens is 7. The van der Waals surface area contributed by atoms with Crippen LogP contribution in [0, 0.1) is 12.7 Å². The highest BCUT2D eigenvalue weighted by Gasteiger charge is 2.71. The van der Waals surface area contributed by atoms with Gasteiger partial charge in [0.05, 0.1) is 15.6 Å². The lowest BCUT2D eigenvalue weighted by Gasteiger charge is -2.45. The number of carbonyl (C=O) groups is 1. The van der Waals surface area contributed by atoms with E-state index in [1.165, 1.54) is 13.0 Å².